The first-order valence-electron chi connectivity index (χ1n) is 5.48. The second-order valence-electron chi connectivity index (χ2n) is 3.61. The van der Waals surface area contributed by atoms with Crippen molar-refractivity contribution < 1.29 is 0 Å². The van der Waals surface area contributed by atoms with Gasteiger partial charge in [-0.05, 0) is 31.2 Å². The van der Waals surface area contributed by atoms with Crippen molar-refractivity contribution in [2.24, 2.45) is 9.98 Å². The summed E-state index contributed by atoms with van der Waals surface area (Å²) in [5.74, 6) is 0. The molecular weight excluding hydrogens is 210 g/mol. The van der Waals surface area contributed by atoms with E-state index in [9.17, 15) is 0 Å². The molecule has 0 fully saturated rings. The Hall–Kier alpha value is -2.25. The lowest BCUT2D eigenvalue weighted by molar-refractivity contribution is 0.788. The molecule has 2 aromatic rings. The Balaban J connectivity index is 2.09. The van der Waals surface area contributed by atoms with Crippen LogP contribution in [0.5, 0.6) is 0 Å². The summed E-state index contributed by atoms with van der Waals surface area (Å²) >= 11 is 0. The maximum atomic E-state index is 4.23. The fraction of sp³-hybridized carbons (Fsp3) is 0.143. The van der Waals surface area contributed by atoms with Gasteiger partial charge in [0, 0.05) is 6.20 Å². The zero-order valence-corrected chi connectivity index (χ0v) is 9.62. The van der Waals surface area contributed by atoms with Gasteiger partial charge in [0.15, 0.2) is 0 Å². The average molecular weight is 223 g/mol. The molecule has 0 spiro atoms. The van der Waals surface area contributed by atoms with Crippen LogP contribution in [-0.4, -0.2) is 11.0 Å². The predicted octanol–water partition coefficient (Wildman–Crippen LogP) is 3.65. The SMILES string of the molecule is CC(N=C=Nc1ccccc1)c1ccccn1. The lowest BCUT2D eigenvalue weighted by Gasteiger charge is -2.01. The van der Waals surface area contributed by atoms with Gasteiger partial charge < -0.3 is 0 Å². The number of hydrogen-bond donors (Lipinski definition) is 0. The molecular formula is C14H13N3. The molecule has 2 rings (SSSR count). The van der Waals surface area contributed by atoms with Crippen molar-refractivity contribution in [3.63, 3.8) is 0 Å². The van der Waals surface area contributed by atoms with Gasteiger partial charge in [-0.15, -0.1) is 0 Å². The lowest BCUT2D eigenvalue weighted by Crippen LogP contribution is -1.91. The molecule has 0 aliphatic heterocycles. The Labute approximate surface area is 101 Å². The van der Waals surface area contributed by atoms with Crippen LogP contribution >= 0.6 is 0 Å². The van der Waals surface area contributed by atoms with Crippen molar-refractivity contribution in [1.82, 2.24) is 4.98 Å². The summed E-state index contributed by atoms with van der Waals surface area (Å²) in [6.45, 7) is 1.97. The molecule has 1 unspecified atom stereocenters. The molecule has 0 amide bonds. The largest absolute Gasteiger partial charge is 0.259 e. The average Bonchev–Trinajstić information content (AvgIpc) is 2.41. The van der Waals surface area contributed by atoms with Crippen molar-refractivity contribution in [3.8, 4) is 0 Å². The van der Waals surface area contributed by atoms with Crippen molar-refractivity contribution in [2.75, 3.05) is 0 Å². The Morgan fingerprint density at radius 3 is 2.53 bits per heavy atom. The van der Waals surface area contributed by atoms with Gasteiger partial charge in [0.2, 0.25) is 0 Å². The minimum absolute atomic E-state index is 0.0244. The standard InChI is InChI=1S/C14H13N3/c1-12(14-9-5-6-10-15-14)16-11-17-13-7-3-2-4-8-13/h2-10,12H,1H3. The number of hydrogen-bond acceptors (Lipinski definition) is 3. The van der Waals surface area contributed by atoms with Gasteiger partial charge in [-0.2, -0.15) is 4.99 Å². The number of aliphatic imine (C=N–C) groups is 2. The summed E-state index contributed by atoms with van der Waals surface area (Å²) in [6.07, 6.45) is 1.76. The molecule has 0 radical (unpaired) electrons. The van der Waals surface area contributed by atoms with E-state index in [-0.39, 0.29) is 6.04 Å². The van der Waals surface area contributed by atoms with E-state index in [0.717, 1.165) is 11.4 Å². The van der Waals surface area contributed by atoms with Gasteiger partial charge in [-0.1, -0.05) is 24.3 Å². The normalized spacial score (nSPS) is 11.4. The Morgan fingerprint density at radius 2 is 1.82 bits per heavy atom. The van der Waals surface area contributed by atoms with E-state index in [4.69, 9.17) is 0 Å². The Kier molecular flexibility index (Phi) is 3.79. The van der Waals surface area contributed by atoms with E-state index in [1.54, 1.807) is 6.20 Å². The van der Waals surface area contributed by atoms with Crippen molar-refractivity contribution in [1.29, 1.82) is 0 Å². The molecule has 1 aromatic heterocycles. The second-order valence-corrected chi connectivity index (χ2v) is 3.61. The van der Waals surface area contributed by atoms with Crippen LogP contribution in [0.25, 0.3) is 0 Å². The van der Waals surface area contributed by atoms with Gasteiger partial charge in [-0.25, -0.2) is 4.99 Å². The summed E-state index contributed by atoms with van der Waals surface area (Å²) in [4.78, 5) is 12.6. The lowest BCUT2D eigenvalue weighted by atomic mass is 10.2. The molecule has 1 atom stereocenters. The molecule has 0 aliphatic carbocycles. The van der Waals surface area contributed by atoms with E-state index in [0.29, 0.717) is 0 Å². The molecule has 1 heterocycles. The van der Waals surface area contributed by atoms with Gasteiger partial charge in [0.05, 0.1) is 17.4 Å². The van der Waals surface area contributed by atoms with Crippen LogP contribution in [0.3, 0.4) is 0 Å². The van der Waals surface area contributed by atoms with Crippen LogP contribution in [0.2, 0.25) is 0 Å². The fourth-order valence-corrected chi connectivity index (χ4v) is 1.36. The Morgan fingerprint density at radius 1 is 1.06 bits per heavy atom. The highest BCUT2D eigenvalue weighted by Crippen LogP contribution is 2.12. The predicted molar refractivity (Wildman–Crippen MR) is 68.6 cm³/mol. The highest BCUT2D eigenvalue weighted by atomic mass is 14.9. The number of pyridine rings is 1. The summed E-state index contributed by atoms with van der Waals surface area (Å²) < 4.78 is 0. The van der Waals surface area contributed by atoms with Crippen molar-refractivity contribution in [2.45, 2.75) is 13.0 Å². The topological polar surface area (TPSA) is 37.6 Å². The first-order chi connectivity index (χ1) is 8.36. The van der Waals surface area contributed by atoms with Gasteiger partial charge in [0.25, 0.3) is 0 Å². The quantitative estimate of drug-likeness (QED) is 0.732. The van der Waals surface area contributed by atoms with Gasteiger partial charge in [0.1, 0.15) is 6.04 Å². The first-order valence-corrected chi connectivity index (χ1v) is 5.48. The summed E-state index contributed by atoms with van der Waals surface area (Å²) in [7, 11) is 0. The third-order valence-electron chi connectivity index (χ3n) is 2.30. The second kappa shape index (κ2) is 5.73. The molecule has 17 heavy (non-hydrogen) atoms. The summed E-state index contributed by atoms with van der Waals surface area (Å²) in [5, 5.41) is 0. The van der Waals surface area contributed by atoms with Crippen LogP contribution in [0.1, 0.15) is 18.7 Å². The maximum Gasteiger partial charge on any atom is 0.100 e. The number of benzene rings is 1. The third kappa shape index (κ3) is 3.37. The van der Waals surface area contributed by atoms with Crippen LogP contribution < -0.4 is 0 Å². The van der Waals surface area contributed by atoms with E-state index in [1.807, 2.05) is 55.5 Å². The first kappa shape index (κ1) is 11.2. The van der Waals surface area contributed by atoms with E-state index >= 15 is 0 Å². The molecule has 0 saturated carbocycles. The monoisotopic (exact) mass is 223 g/mol. The van der Waals surface area contributed by atoms with Crippen LogP contribution in [0.15, 0.2) is 64.7 Å². The van der Waals surface area contributed by atoms with E-state index in [2.05, 4.69) is 21.0 Å². The van der Waals surface area contributed by atoms with Crippen LogP contribution in [-0.2, 0) is 0 Å². The highest BCUT2D eigenvalue weighted by Gasteiger charge is 2.01. The Bertz CT molecular complexity index is 514. The minimum atomic E-state index is -0.0244. The van der Waals surface area contributed by atoms with Crippen molar-refractivity contribution in [3.05, 3.63) is 60.4 Å². The van der Waals surface area contributed by atoms with E-state index < -0.39 is 0 Å². The van der Waals surface area contributed by atoms with Gasteiger partial charge >= 0.3 is 0 Å². The van der Waals surface area contributed by atoms with Gasteiger partial charge in [-0.3, -0.25) is 4.98 Å². The van der Waals surface area contributed by atoms with Crippen LogP contribution in [0.4, 0.5) is 5.69 Å². The molecule has 1 aromatic carbocycles. The van der Waals surface area contributed by atoms with E-state index in [1.165, 1.54) is 0 Å². The number of aromatic nitrogens is 1. The zero-order valence-electron chi connectivity index (χ0n) is 9.62. The molecule has 0 N–H and O–H groups in total. The number of nitrogens with zero attached hydrogens (tertiary/aromatic N) is 3. The summed E-state index contributed by atoms with van der Waals surface area (Å²) in [6, 6.07) is 18.1. The molecule has 0 bridgehead atoms. The minimum Gasteiger partial charge on any atom is -0.259 e. The fourth-order valence-electron chi connectivity index (χ4n) is 1.36. The van der Waals surface area contributed by atoms with Crippen LogP contribution in [0, 0.1) is 0 Å². The third-order valence-corrected chi connectivity index (χ3v) is 2.30. The summed E-state index contributed by atoms with van der Waals surface area (Å²) in [5.41, 5.74) is 1.77. The molecule has 3 nitrogen and oxygen atoms in total. The molecule has 0 saturated heterocycles. The molecule has 0 aliphatic rings. The highest BCUT2D eigenvalue weighted by molar-refractivity contribution is 5.52. The maximum absolute atomic E-state index is 4.23. The molecule has 3 heteroatoms. The zero-order chi connectivity index (χ0) is 11.9. The molecule has 84 valence electrons. The number of para-hydroxylation sites is 1. The smallest absolute Gasteiger partial charge is 0.100 e. The number of rotatable bonds is 3. The van der Waals surface area contributed by atoms with Crippen molar-refractivity contribution >= 4 is 11.7 Å².